The van der Waals surface area contributed by atoms with Gasteiger partial charge in [-0.25, -0.2) is 8.78 Å². The van der Waals surface area contributed by atoms with Gasteiger partial charge >= 0.3 is 6.18 Å². The van der Waals surface area contributed by atoms with Gasteiger partial charge < -0.3 is 37.2 Å². The molecule has 0 saturated heterocycles. The lowest BCUT2D eigenvalue weighted by Crippen LogP contribution is -2.64. The molecular formula is C32H30B4ClF5N6O2. The van der Waals surface area contributed by atoms with E-state index < -0.39 is 57.1 Å². The fourth-order valence-electron chi connectivity index (χ4n) is 5.89. The van der Waals surface area contributed by atoms with Crippen LogP contribution in [0.4, 0.5) is 44.7 Å². The highest BCUT2D eigenvalue weighted by atomic mass is 35.5. The van der Waals surface area contributed by atoms with Gasteiger partial charge in [-0.1, -0.05) is 31.7 Å². The predicted molar refractivity (Wildman–Crippen MR) is 190 cm³/mol. The Hall–Kier alpha value is -4.20. The first-order chi connectivity index (χ1) is 22.9. The smallest absolute Gasteiger partial charge is 0.404 e. The molecule has 0 fully saturated rings. The minimum absolute atomic E-state index is 0.00127. The number of benzene rings is 3. The number of nitrogens with one attached hydrogen (secondary N) is 2. The van der Waals surface area contributed by atoms with Crippen molar-refractivity contribution in [1.82, 2.24) is 5.32 Å². The van der Waals surface area contributed by atoms with Gasteiger partial charge in [-0.2, -0.15) is 13.2 Å². The lowest BCUT2D eigenvalue weighted by Gasteiger charge is -2.46. The highest BCUT2D eigenvalue weighted by molar-refractivity contribution is 6.42. The van der Waals surface area contributed by atoms with Gasteiger partial charge in [-0.05, 0) is 67.3 Å². The van der Waals surface area contributed by atoms with Crippen molar-refractivity contribution in [3.8, 4) is 0 Å². The van der Waals surface area contributed by atoms with E-state index in [0.717, 1.165) is 36.2 Å². The Morgan fingerprint density at radius 2 is 1.64 bits per heavy atom. The largest absolute Gasteiger partial charge is 0.418 e. The quantitative estimate of drug-likeness (QED) is 0.104. The van der Waals surface area contributed by atoms with Crippen LogP contribution in [0.15, 0.2) is 67.8 Å². The van der Waals surface area contributed by atoms with Crippen LogP contribution < -0.4 is 31.9 Å². The standard InChI is InChI=1S/C32H30B4ClF5N6O2/c1-6-45-27(18-9-16(38)7-8-21(18)37)25-14(2)28-24(47(29(4,49)32(35,36)50)15(3)48(28)30(5,33)34)12-22(25)46-23(13-43)19-10-17(39)11-20(26(19)44)31(40,41)42/h6-13,27,45-46,49-50H,1,3,43-44H2,2,4-5H3/b23-13+. The number of alkyl halides is 3. The number of fused-ring (bicyclic) bond motifs is 1. The number of anilines is 4. The van der Waals surface area contributed by atoms with Crippen LogP contribution in [-0.2, 0) is 6.18 Å². The number of rotatable bonds is 10. The summed E-state index contributed by atoms with van der Waals surface area (Å²) in [6.45, 7) is 11.8. The molecule has 2 unspecified atom stereocenters. The van der Waals surface area contributed by atoms with Crippen molar-refractivity contribution in [3.05, 3.63) is 112 Å². The summed E-state index contributed by atoms with van der Waals surface area (Å²) in [7, 11) is 24.4. The molecule has 18 heteroatoms. The van der Waals surface area contributed by atoms with Crippen LogP contribution in [0.3, 0.4) is 0 Å². The van der Waals surface area contributed by atoms with Crippen molar-refractivity contribution >= 4 is 71.4 Å². The monoisotopic (exact) mass is 704 g/mol. The van der Waals surface area contributed by atoms with Crippen molar-refractivity contribution in [3.63, 3.8) is 0 Å². The second-order valence-electron chi connectivity index (χ2n) is 12.1. The van der Waals surface area contributed by atoms with E-state index in [-0.39, 0.29) is 56.4 Å². The molecule has 1 aliphatic rings. The molecule has 8 nitrogen and oxygen atoms in total. The third kappa shape index (κ3) is 6.78. The predicted octanol–water partition coefficient (Wildman–Crippen LogP) is 4.52. The third-order valence-electron chi connectivity index (χ3n) is 8.25. The molecule has 1 heterocycles. The summed E-state index contributed by atoms with van der Waals surface area (Å²) in [6.07, 6.45) is -2.89. The molecule has 1 aliphatic heterocycles. The summed E-state index contributed by atoms with van der Waals surface area (Å²) in [5, 5.41) is 23.7. The molecule has 4 rings (SSSR count). The van der Waals surface area contributed by atoms with E-state index in [2.05, 4.69) is 23.8 Å². The first-order valence-corrected chi connectivity index (χ1v) is 15.0. The highest BCUT2D eigenvalue weighted by Gasteiger charge is 2.51. The molecule has 3 aromatic carbocycles. The number of nitrogens with zero attached hydrogens (tertiary/aromatic N) is 2. The second-order valence-corrected chi connectivity index (χ2v) is 12.5. The van der Waals surface area contributed by atoms with Gasteiger partial charge in [0, 0.05) is 39.0 Å². The number of nitrogen functional groups attached to an aromatic ring is 1. The summed E-state index contributed by atoms with van der Waals surface area (Å²) in [5.41, 5.74) is 7.10. The van der Waals surface area contributed by atoms with E-state index >= 15 is 0 Å². The maximum absolute atomic E-state index is 14.7. The van der Waals surface area contributed by atoms with Crippen molar-refractivity contribution < 1.29 is 32.2 Å². The zero-order valence-corrected chi connectivity index (χ0v) is 27.9. The van der Waals surface area contributed by atoms with Crippen molar-refractivity contribution in [2.75, 3.05) is 20.9 Å². The fraction of sp³-hybridized carbons (Fsp3) is 0.250. The SMILES string of the molecule is [B]C([B])(C)N1C(=C)N(C(C)(O)C([B])([B])O)c2cc(N/C(=C/N)c3cc(F)cc(C(F)(F)F)c3N)c(C(NC=C)c3cc(F)ccc3Cl)c(C)c21. The average Bonchev–Trinajstić information content (AvgIpc) is 3.29. The molecule has 3 aromatic rings. The van der Waals surface area contributed by atoms with E-state index in [1.165, 1.54) is 30.2 Å². The van der Waals surface area contributed by atoms with Crippen molar-refractivity contribution in [2.24, 2.45) is 5.73 Å². The van der Waals surface area contributed by atoms with Crippen LogP contribution >= 0.6 is 11.6 Å². The fourth-order valence-corrected chi connectivity index (χ4v) is 6.11. The molecule has 50 heavy (non-hydrogen) atoms. The summed E-state index contributed by atoms with van der Waals surface area (Å²) in [5.74, 6) is -2.05. The lowest BCUT2D eigenvalue weighted by molar-refractivity contribution is -0.137. The van der Waals surface area contributed by atoms with E-state index in [1.54, 1.807) is 6.92 Å². The zero-order chi connectivity index (χ0) is 37.9. The molecule has 0 spiro atoms. The first-order valence-electron chi connectivity index (χ1n) is 14.6. The first kappa shape index (κ1) is 38.6. The van der Waals surface area contributed by atoms with Crippen LogP contribution in [0.2, 0.25) is 5.02 Å². The minimum atomic E-state index is -5.03. The number of nitrogens with two attached hydrogens (primary N) is 2. The number of hydrogen-bond donors (Lipinski definition) is 6. The molecule has 0 saturated carbocycles. The van der Waals surface area contributed by atoms with Gasteiger partial charge in [0.2, 0.25) is 0 Å². The van der Waals surface area contributed by atoms with Gasteiger partial charge in [0.05, 0.1) is 50.1 Å². The Labute approximate surface area is 296 Å². The van der Waals surface area contributed by atoms with Crippen LogP contribution in [0.1, 0.15) is 47.7 Å². The number of hydrogen-bond acceptors (Lipinski definition) is 8. The molecule has 2 atom stereocenters. The summed E-state index contributed by atoms with van der Waals surface area (Å²) in [6, 6.07) is 4.85. The van der Waals surface area contributed by atoms with Crippen LogP contribution in [0.25, 0.3) is 5.70 Å². The zero-order valence-electron chi connectivity index (χ0n) is 27.1. The molecule has 8 N–H and O–H groups in total. The summed E-state index contributed by atoms with van der Waals surface area (Å²) in [4.78, 5) is 2.35. The van der Waals surface area contributed by atoms with Gasteiger partial charge in [0.15, 0.2) is 5.72 Å². The number of aliphatic hydroxyl groups is 2. The van der Waals surface area contributed by atoms with Gasteiger partial charge in [-0.3, -0.25) is 4.90 Å². The Bertz CT molecular complexity index is 1900. The van der Waals surface area contributed by atoms with E-state index in [4.69, 9.17) is 54.5 Å². The van der Waals surface area contributed by atoms with Crippen molar-refractivity contribution in [1.29, 1.82) is 0 Å². The van der Waals surface area contributed by atoms with Crippen LogP contribution in [-0.4, -0.2) is 58.1 Å². The maximum Gasteiger partial charge on any atom is 0.418 e. The van der Waals surface area contributed by atoms with Gasteiger partial charge in [0.1, 0.15) is 33.1 Å². The molecule has 0 aromatic heterocycles. The lowest BCUT2D eigenvalue weighted by atomic mass is 9.59. The van der Waals surface area contributed by atoms with E-state index in [0.29, 0.717) is 0 Å². The average molecular weight is 704 g/mol. The topological polar surface area (TPSA) is 123 Å². The van der Waals surface area contributed by atoms with Crippen molar-refractivity contribution in [2.45, 2.75) is 49.5 Å². The third-order valence-corrected chi connectivity index (χ3v) is 8.59. The van der Waals surface area contributed by atoms with E-state index in [9.17, 15) is 32.2 Å². The van der Waals surface area contributed by atoms with Gasteiger partial charge in [-0.15, -0.1) is 0 Å². The molecule has 0 aliphatic carbocycles. The second kappa shape index (κ2) is 13.2. The molecule has 8 radical (unpaired) electrons. The number of halogens is 6. The van der Waals surface area contributed by atoms with E-state index in [1.807, 2.05) is 0 Å². The van der Waals surface area contributed by atoms with Gasteiger partial charge in [0.25, 0.3) is 0 Å². The summed E-state index contributed by atoms with van der Waals surface area (Å²) < 4.78 is 71.0. The Morgan fingerprint density at radius 3 is 2.16 bits per heavy atom. The molecular weight excluding hydrogens is 674 g/mol. The Balaban J connectivity index is 2.16. The Morgan fingerprint density at radius 1 is 1.02 bits per heavy atom. The molecule has 0 bridgehead atoms. The minimum Gasteiger partial charge on any atom is -0.404 e. The van der Waals surface area contributed by atoms with Crippen LogP contribution in [0, 0.1) is 18.6 Å². The highest BCUT2D eigenvalue weighted by Crippen LogP contribution is 2.54. The van der Waals surface area contributed by atoms with Crippen LogP contribution in [0.5, 0.6) is 0 Å². The maximum atomic E-state index is 14.7. The Kier molecular flexibility index (Phi) is 10.2. The normalized spacial score (nSPS) is 15.8. The summed E-state index contributed by atoms with van der Waals surface area (Å²) >= 11 is 6.56. The molecule has 0 amide bonds. The molecule has 254 valence electrons.